The van der Waals surface area contributed by atoms with Gasteiger partial charge < -0.3 is 16.0 Å². The Bertz CT molecular complexity index is 611. The molecular weight excluding hydrogens is 316 g/mol. The molecule has 1 fully saturated rings. The van der Waals surface area contributed by atoms with E-state index in [2.05, 4.69) is 53.9 Å². The topological polar surface area (TPSA) is 66.2 Å². The summed E-state index contributed by atoms with van der Waals surface area (Å²) in [5, 5.41) is 3.20. The van der Waals surface area contributed by atoms with Gasteiger partial charge in [-0.3, -0.25) is 0 Å². The molecule has 1 saturated carbocycles. The summed E-state index contributed by atoms with van der Waals surface area (Å²) in [7, 11) is 0. The fourth-order valence-corrected chi connectivity index (χ4v) is 2.93. The van der Waals surface area contributed by atoms with Crippen LogP contribution in [-0.4, -0.2) is 17.6 Å². The highest BCUT2D eigenvalue weighted by molar-refractivity contribution is 7.79. The first-order valence-electron chi connectivity index (χ1n) is 8.68. The largest absolute Gasteiger partial charge is 0.400 e. The Morgan fingerprint density at radius 2 is 1.83 bits per heavy atom. The van der Waals surface area contributed by atoms with E-state index in [0.717, 1.165) is 22.8 Å². The molecule has 0 atom stereocenters. The minimum atomic E-state index is 0.500. The van der Waals surface area contributed by atoms with Gasteiger partial charge >= 0.3 is 0 Å². The number of aromatic nitrogens is 1. The van der Waals surface area contributed by atoms with E-state index in [1.54, 1.807) is 12.6 Å². The molecule has 3 aliphatic rings. The van der Waals surface area contributed by atoms with Crippen LogP contribution in [0.5, 0.6) is 0 Å². The van der Waals surface area contributed by atoms with Crippen LogP contribution in [0.25, 0.3) is 5.70 Å². The summed E-state index contributed by atoms with van der Waals surface area (Å²) in [6.07, 6.45) is 16.1. The molecule has 0 unspecified atom stereocenters. The highest BCUT2D eigenvalue weighted by atomic mass is 32.1. The highest BCUT2D eigenvalue weighted by Gasteiger charge is 2.22. The summed E-state index contributed by atoms with van der Waals surface area (Å²) in [5.74, 6) is 1.43. The van der Waals surface area contributed by atoms with Gasteiger partial charge in [0.15, 0.2) is 0 Å². The Hall–Kier alpha value is -1.62. The highest BCUT2D eigenvalue weighted by Crippen LogP contribution is 2.34. The molecule has 2 aliphatic carbocycles. The minimum absolute atomic E-state index is 0.500. The lowest BCUT2D eigenvalue weighted by Gasteiger charge is -2.25. The van der Waals surface area contributed by atoms with E-state index in [1.165, 1.54) is 32.1 Å². The Balaban J connectivity index is 0.000000252. The van der Waals surface area contributed by atoms with Gasteiger partial charge in [0, 0.05) is 28.8 Å². The fraction of sp³-hybridized carbons (Fsp3) is 0.526. The van der Waals surface area contributed by atoms with Crippen molar-refractivity contribution in [3.05, 3.63) is 35.7 Å². The smallest absolute Gasteiger partial charge is 0.141 e. The third-order valence-electron chi connectivity index (χ3n) is 4.56. The molecule has 1 aromatic heterocycles. The average molecular weight is 347 g/mol. The van der Waals surface area contributed by atoms with E-state index in [9.17, 15) is 0 Å². The predicted molar refractivity (Wildman–Crippen MR) is 108 cm³/mol. The van der Waals surface area contributed by atoms with Gasteiger partial charge in [0.25, 0.3) is 0 Å². The zero-order valence-corrected chi connectivity index (χ0v) is 15.9. The summed E-state index contributed by atoms with van der Waals surface area (Å²) in [6, 6.07) is 2.03. The molecule has 1 aromatic rings. The van der Waals surface area contributed by atoms with Gasteiger partial charge in [0.2, 0.25) is 0 Å². The normalized spacial score (nSPS) is 22.2. The van der Waals surface area contributed by atoms with Crippen LogP contribution in [0.15, 0.2) is 35.1 Å². The lowest BCUT2D eigenvalue weighted by Crippen LogP contribution is -2.24. The van der Waals surface area contributed by atoms with Gasteiger partial charge in [0.05, 0.1) is 12.0 Å². The molecule has 0 spiro atoms. The molecule has 4 nitrogen and oxygen atoms in total. The van der Waals surface area contributed by atoms with Crippen molar-refractivity contribution in [3.63, 3.8) is 0 Å². The number of rotatable bonds is 1. The van der Waals surface area contributed by atoms with Gasteiger partial charge in [-0.25, -0.2) is 4.99 Å². The summed E-state index contributed by atoms with van der Waals surface area (Å²) >= 11 is 3.53. The van der Waals surface area contributed by atoms with E-state index in [0.29, 0.717) is 11.3 Å². The molecule has 5 heteroatoms. The first-order valence-corrected chi connectivity index (χ1v) is 9.58. The quantitative estimate of drug-likeness (QED) is 0.443. The van der Waals surface area contributed by atoms with Crippen LogP contribution < -0.4 is 11.1 Å². The molecule has 0 bridgehead atoms. The lowest BCUT2D eigenvalue weighted by molar-refractivity contribution is 0.400. The standard InChI is InChI=1S/C13H18N4.C5H8.CH4S/c14-11(9-4-2-1-3-5-9)12-10-6-7-15-13(10)17-8-16-12;1-5(2)3-4-5;1-2/h6-9,15H,1-5,14H2,(H,16,17);3-4H,1-2H3;2H,1H3/b12-11-;;. The van der Waals surface area contributed by atoms with Crippen LogP contribution >= 0.6 is 12.6 Å². The molecule has 1 aliphatic heterocycles. The maximum Gasteiger partial charge on any atom is 0.141 e. The van der Waals surface area contributed by atoms with Crippen LogP contribution in [0.1, 0.15) is 51.5 Å². The number of hydrogen-bond acceptors (Lipinski definition) is 4. The number of aliphatic imine (C=N–C) groups is 1. The van der Waals surface area contributed by atoms with Crippen molar-refractivity contribution >= 4 is 30.5 Å². The molecule has 4 rings (SSSR count). The van der Waals surface area contributed by atoms with E-state index in [-0.39, 0.29) is 0 Å². The molecule has 2 heterocycles. The summed E-state index contributed by atoms with van der Waals surface area (Å²) in [6.45, 7) is 4.38. The number of H-pyrrole nitrogens is 1. The number of aromatic amines is 1. The van der Waals surface area contributed by atoms with E-state index >= 15 is 0 Å². The Kier molecular flexibility index (Phi) is 6.60. The van der Waals surface area contributed by atoms with Gasteiger partial charge in [-0.05, 0) is 25.2 Å². The van der Waals surface area contributed by atoms with E-state index < -0.39 is 0 Å². The summed E-state index contributed by atoms with van der Waals surface area (Å²) in [4.78, 5) is 7.37. The predicted octanol–water partition coefficient (Wildman–Crippen LogP) is 4.61. The summed E-state index contributed by atoms with van der Waals surface area (Å²) in [5.41, 5.74) is 9.97. The van der Waals surface area contributed by atoms with Crippen molar-refractivity contribution < 1.29 is 0 Å². The molecule has 0 saturated heterocycles. The van der Waals surface area contributed by atoms with E-state index in [4.69, 9.17) is 5.73 Å². The zero-order chi connectivity index (χ0) is 17.6. The lowest BCUT2D eigenvalue weighted by atomic mass is 9.85. The Labute approximate surface area is 151 Å². The Morgan fingerprint density at radius 3 is 2.42 bits per heavy atom. The monoisotopic (exact) mass is 346 g/mol. The van der Waals surface area contributed by atoms with Gasteiger partial charge in [-0.1, -0.05) is 45.3 Å². The molecule has 0 aromatic carbocycles. The van der Waals surface area contributed by atoms with Crippen LogP contribution in [0.2, 0.25) is 0 Å². The average Bonchev–Trinajstić information content (AvgIpc) is 3.13. The van der Waals surface area contributed by atoms with Gasteiger partial charge in [0.1, 0.15) is 5.82 Å². The van der Waals surface area contributed by atoms with Crippen molar-refractivity contribution in [1.29, 1.82) is 0 Å². The van der Waals surface area contributed by atoms with Crippen molar-refractivity contribution in [1.82, 2.24) is 10.3 Å². The second kappa shape index (κ2) is 8.47. The van der Waals surface area contributed by atoms with Crippen LogP contribution in [0, 0.1) is 11.3 Å². The molecule has 4 N–H and O–H groups in total. The van der Waals surface area contributed by atoms with Crippen LogP contribution in [0.3, 0.4) is 0 Å². The van der Waals surface area contributed by atoms with Crippen molar-refractivity contribution in [3.8, 4) is 0 Å². The molecule has 0 amide bonds. The first-order chi connectivity index (χ1) is 11.6. The Morgan fingerprint density at radius 1 is 1.21 bits per heavy atom. The van der Waals surface area contributed by atoms with Crippen molar-refractivity contribution in [2.24, 2.45) is 22.1 Å². The number of nitrogens with one attached hydrogen (secondary N) is 2. The van der Waals surface area contributed by atoms with Gasteiger partial charge in [-0.2, -0.15) is 12.6 Å². The molecule has 24 heavy (non-hydrogen) atoms. The number of fused-ring (bicyclic) bond motifs is 1. The van der Waals surface area contributed by atoms with Gasteiger partial charge in [-0.15, -0.1) is 0 Å². The molecule has 0 radical (unpaired) electrons. The maximum atomic E-state index is 6.34. The third kappa shape index (κ3) is 4.94. The van der Waals surface area contributed by atoms with Crippen molar-refractivity contribution in [2.75, 3.05) is 6.26 Å². The number of nitrogens with two attached hydrogens (primary N) is 1. The minimum Gasteiger partial charge on any atom is -0.400 e. The van der Waals surface area contributed by atoms with Crippen LogP contribution in [0.4, 0.5) is 5.82 Å². The molecule has 132 valence electrons. The van der Waals surface area contributed by atoms with E-state index in [1.807, 2.05) is 12.3 Å². The second-order valence-electron chi connectivity index (χ2n) is 6.96. The van der Waals surface area contributed by atoms with Crippen LogP contribution in [-0.2, 0) is 0 Å². The maximum absolute atomic E-state index is 6.34. The first kappa shape index (κ1) is 18.7. The molecular formula is C19H30N4S. The number of thiol groups is 1. The SMILES string of the molecule is CC1(C)C=C1.CS.N/C(=C1\NC=Nc2[nH]ccc21)C1CCCCC1. The number of allylic oxidation sites excluding steroid dienone is 3. The number of hydrogen-bond donors (Lipinski definition) is 4. The zero-order valence-electron chi connectivity index (χ0n) is 15.0. The fourth-order valence-electron chi connectivity index (χ4n) is 2.93. The number of nitrogens with zero attached hydrogens (tertiary/aromatic N) is 1. The van der Waals surface area contributed by atoms with Crippen molar-refractivity contribution in [2.45, 2.75) is 46.0 Å². The summed E-state index contributed by atoms with van der Waals surface area (Å²) < 4.78 is 0. The third-order valence-corrected chi connectivity index (χ3v) is 4.56. The second-order valence-corrected chi connectivity index (χ2v) is 6.96.